The smallest absolute Gasteiger partial charge is 0.231 e. The molecule has 3 N–H and O–H groups in total. The summed E-state index contributed by atoms with van der Waals surface area (Å²) in [5, 5.41) is 10.5. The molecule has 0 saturated carbocycles. The third kappa shape index (κ3) is 3.32. The molecule has 5 rings (SSSR count). The number of Topliss-reactive ketones (excluding diaryl/α,β-unsaturated/α-hetero) is 1. The van der Waals surface area contributed by atoms with Crippen LogP contribution in [0.2, 0.25) is 0 Å². The first-order valence-electron chi connectivity index (χ1n) is 9.92. The Morgan fingerprint density at radius 1 is 1.07 bits per heavy atom. The molecule has 150 valence electrons. The van der Waals surface area contributed by atoms with Gasteiger partial charge >= 0.3 is 0 Å². The van der Waals surface area contributed by atoms with Crippen LogP contribution < -0.4 is 24.0 Å². The minimum absolute atomic E-state index is 0.170. The Hall–Kier alpha value is -3.03. The third-order valence-electron chi connectivity index (χ3n) is 5.85. The number of piperazine rings is 1. The Morgan fingerprint density at radius 3 is 2.69 bits per heavy atom. The van der Waals surface area contributed by atoms with Gasteiger partial charge in [-0.15, -0.1) is 0 Å². The lowest BCUT2D eigenvalue weighted by molar-refractivity contribution is -1.01. The molecule has 3 heterocycles. The number of phenols is 1. The van der Waals surface area contributed by atoms with Gasteiger partial charge in [0.25, 0.3) is 0 Å². The number of phenolic OH excluding ortho intramolecular Hbond substituents is 1. The van der Waals surface area contributed by atoms with E-state index in [4.69, 9.17) is 14.2 Å². The number of ketones is 1. The molecule has 1 fully saturated rings. The maximum Gasteiger partial charge on any atom is 0.231 e. The van der Waals surface area contributed by atoms with Gasteiger partial charge in [-0.1, -0.05) is 6.07 Å². The van der Waals surface area contributed by atoms with Crippen LogP contribution in [0.4, 0.5) is 0 Å². The van der Waals surface area contributed by atoms with E-state index < -0.39 is 0 Å². The van der Waals surface area contributed by atoms with Gasteiger partial charge in [0, 0.05) is 0 Å². The zero-order valence-electron chi connectivity index (χ0n) is 16.3. The van der Waals surface area contributed by atoms with Crippen molar-refractivity contribution in [3.8, 4) is 23.0 Å². The molecule has 0 bridgehead atoms. The van der Waals surface area contributed by atoms with Crippen molar-refractivity contribution in [2.24, 2.45) is 0 Å². The Bertz CT molecular complexity index is 1010. The highest BCUT2D eigenvalue weighted by atomic mass is 16.7. The number of allylic oxidation sites excluding steroid dienone is 1. The van der Waals surface area contributed by atoms with Crippen molar-refractivity contribution >= 4 is 11.9 Å². The number of likely N-dealkylation sites (N-methyl/N-ethyl adjacent to an activating group) is 1. The monoisotopic (exact) mass is 396 g/mol. The van der Waals surface area contributed by atoms with E-state index in [0.29, 0.717) is 34.9 Å². The van der Waals surface area contributed by atoms with Crippen molar-refractivity contribution in [3.63, 3.8) is 0 Å². The fraction of sp³-hybridized carbons (Fsp3) is 0.318. The summed E-state index contributed by atoms with van der Waals surface area (Å²) in [5.41, 5.74) is 2.01. The Kier molecular flexibility index (Phi) is 4.41. The van der Waals surface area contributed by atoms with E-state index in [1.807, 2.05) is 18.2 Å². The number of benzene rings is 2. The lowest BCUT2D eigenvalue weighted by atomic mass is 10.0. The second-order valence-electron chi connectivity index (χ2n) is 7.88. The topological polar surface area (TPSA) is 73.9 Å². The van der Waals surface area contributed by atoms with E-state index >= 15 is 0 Å². The number of aromatic hydroxyl groups is 1. The average molecular weight is 396 g/mol. The standard InChI is InChI=1S/C22H22N2O5/c1-23-6-8-24(9-7-23)12-16-17(25)4-3-15-21(26)20(29-22(15)16)11-14-2-5-18-19(10-14)28-13-27-18/h2-5,10-11,25H,6-9,12-13H2,1H3/p+2/b20-11+. The van der Waals surface area contributed by atoms with Crippen LogP contribution in [0.3, 0.4) is 0 Å². The SMILES string of the molecule is C[NH+]1CC[NH+](Cc2c(O)ccc3c2O/C(=C/c2ccc4c(c2)OCO4)C3=O)CC1. The summed E-state index contributed by atoms with van der Waals surface area (Å²) in [6.07, 6.45) is 1.71. The van der Waals surface area contributed by atoms with Crippen LogP contribution in [-0.2, 0) is 6.54 Å². The van der Waals surface area contributed by atoms with Crippen LogP contribution >= 0.6 is 0 Å². The molecule has 2 aromatic carbocycles. The van der Waals surface area contributed by atoms with Crippen LogP contribution in [0.5, 0.6) is 23.0 Å². The summed E-state index contributed by atoms with van der Waals surface area (Å²) in [5.74, 6) is 2.10. The molecule has 0 radical (unpaired) electrons. The summed E-state index contributed by atoms with van der Waals surface area (Å²) < 4.78 is 16.7. The normalized spacial score (nSPS) is 23.9. The Morgan fingerprint density at radius 2 is 1.86 bits per heavy atom. The van der Waals surface area contributed by atoms with Gasteiger partial charge in [0.2, 0.25) is 12.6 Å². The number of carbonyl (C=O) groups excluding carboxylic acids is 1. The molecule has 7 heteroatoms. The van der Waals surface area contributed by atoms with Gasteiger partial charge in [0.05, 0.1) is 18.2 Å². The van der Waals surface area contributed by atoms with Crippen molar-refractivity contribution in [1.82, 2.24) is 0 Å². The molecule has 2 aromatic rings. The Labute approximate surface area is 168 Å². The maximum atomic E-state index is 12.9. The predicted octanol–water partition coefficient (Wildman–Crippen LogP) is -0.350. The summed E-state index contributed by atoms with van der Waals surface area (Å²) in [6.45, 7) is 5.10. The van der Waals surface area contributed by atoms with E-state index in [1.54, 1.807) is 18.2 Å². The molecule has 29 heavy (non-hydrogen) atoms. The van der Waals surface area contributed by atoms with Crippen LogP contribution in [0.1, 0.15) is 21.5 Å². The highest BCUT2D eigenvalue weighted by Gasteiger charge is 2.33. The molecule has 0 unspecified atom stereocenters. The zero-order chi connectivity index (χ0) is 20.0. The first-order chi connectivity index (χ1) is 14.1. The molecular weight excluding hydrogens is 372 g/mol. The van der Waals surface area contributed by atoms with Gasteiger partial charge in [0.15, 0.2) is 23.0 Å². The summed E-state index contributed by atoms with van der Waals surface area (Å²) in [6, 6.07) is 8.73. The van der Waals surface area contributed by atoms with Gasteiger partial charge in [-0.05, 0) is 35.9 Å². The van der Waals surface area contributed by atoms with Crippen molar-refractivity contribution in [2.45, 2.75) is 6.54 Å². The summed E-state index contributed by atoms with van der Waals surface area (Å²) in [7, 11) is 2.20. The van der Waals surface area contributed by atoms with Crippen molar-refractivity contribution in [1.29, 1.82) is 0 Å². The summed E-state index contributed by atoms with van der Waals surface area (Å²) in [4.78, 5) is 15.8. The number of quaternary nitrogens is 2. The van der Waals surface area contributed by atoms with E-state index in [9.17, 15) is 9.90 Å². The molecule has 0 amide bonds. The van der Waals surface area contributed by atoms with Crippen LogP contribution in [0, 0.1) is 0 Å². The lowest BCUT2D eigenvalue weighted by Gasteiger charge is -2.27. The highest BCUT2D eigenvalue weighted by molar-refractivity contribution is 6.15. The average Bonchev–Trinajstić information content (AvgIpc) is 3.30. The molecule has 1 saturated heterocycles. The fourth-order valence-electron chi connectivity index (χ4n) is 4.08. The predicted molar refractivity (Wildman–Crippen MR) is 105 cm³/mol. The van der Waals surface area contributed by atoms with Gasteiger partial charge in [-0.3, -0.25) is 4.79 Å². The zero-order valence-corrected chi connectivity index (χ0v) is 16.3. The minimum Gasteiger partial charge on any atom is -0.507 e. The van der Waals surface area contributed by atoms with Crippen molar-refractivity contribution in [3.05, 3.63) is 52.8 Å². The molecule has 3 aliphatic heterocycles. The number of carbonyl (C=O) groups is 1. The maximum absolute atomic E-state index is 12.9. The number of hydrogen-bond donors (Lipinski definition) is 3. The summed E-state index contributed by atoms with van der Waals surface area (Å²) >= 11 is 0. The van der Waals surface area contributed by atoms with Gasteiger partial charge in [0.1, 0.15) is 38.5 Å². The number of nitrogens with one attached hydrogen (secondary N) is 2. The van der Waals surface area contributed by atoms with Gasteiger partial charge < -0.3 is 29.1 Å². The lowest BCUT2D eigenvalue weighted by Crippen LogP contribution is -3.26. The van der Waals surface area contributed by atoms with Crippen LogP contribution in [-0.4, -0.2) is 50.9 Å². The second kappa shape index (κ2) is 7.09. The number of rotatable bonds is 3. The fourth-order valence-corrected chi connectivity index (χ4v) is 4.08. The number of ether oxygens (including phenoxy) is 3. The van der Waals surface area contributed by atoms with Gasteiger partial charge in [-0.25, -0.2) is 0 Å². The molecular formula is C22H24N2O5+2. The molecule has 7 nitrogen and oxygen atoms in total. The third-order valence-corrected chi connectivity index (χ3v) is 5.85. The number of hydrogen-bond acceptors (Lipinski definition) is 5. The molecule has 0 aliphatic carbocycles. The minimum atomic E-state index is -0.170. The second-order valence-corrected chi connectivity index (χ2v) is 7.88. The first-order valence-corrected chi connectivity index (χ1v) is 9.92. The largest absolute Gasteiger partial charge is 0.507 e. The first kappa shape index (κ1) is 18.0. The van der Waals surface area contributed by atoms with E-state index in [2.05, 4.69) is 7.05 Å². The van der Waals surface area contributed by atoms with E-state index in [1.165, 1.54) is 9.80 Å². The van der Waals surface area contributed by atoms with Crippen molar-refractivity contribution in [2.75, 3.05) is 40.0 Å². The quantitative estimate of drug-likeness (QED) is 0.619. The Balaban J connectivity index is 1.43. The molecule has 0 atom stereocenters. The van der Waals surface area contributed by atoms with E-state index in [0.717, 1.165) is 31.7 Å². The molecule has 0 spiro atoms. The number of fused-ring (bicyclic) bond motifs is 2. The van der Waals surface area contributed by atoms with E-state index in [-0.39, 0.29) is 24.1 Å². The molecule has 0 aromatic heterocycles. The van der Waals surface area contributed by atoms with Crippen LogP contribution in [0.25, 0.3) is 6.08 Å². The van der Waals surface area contributed by atoms with Crippen molar-refractivity contribution < 1.29 is 33.9 Å². The molecule has 3 aliphatic rings. The highest BCUT2D eigenvalue weighted by Crippen LogP contribution is 2.40. The van der Waals surface area contributed by atoms with Crippen LogP contribution in [0.15, 0.2) is 36.1 Å². The van der Waals surface area contributed by atoms with Gasteiger partial charge in [-0.2, -0.15) is 0 Å².